The summed E-state index contributed by atoms with van der Waals surface area (Å²) in [6.45, 7) is 8.10. The van der Waals surface area contributed by atoms with Gasteiger partial charge >= 0.3 is 0 Å². The van der Waals surface area contributed by atoms with E-state index in [0.717, 1.165) is 17.1 Å². The highest BCUT2D eigenvalue weighted by Crippen LogP contribution is 2.23. The van der Waals surface area contributed by atoms with Crippen LogP contribution in [-0.2, 0) is 11.8 Å². The zero-order chi connectivity index (χ0) is 19.1. The molecule has 0 radical (unpaired) electrons. The van der Waals surface area contributed by atoms with Crippen LogP contribution in [-0.4, -0.2) is 69.7 Å². The molecular weight excluding hydrogens is 346 g/mol. The van der Waals surface area contributed by atoms with Gasteiger partial charge in [0.25, 0.3) is 5.91 Å². The maximum absolute atomic E-state index is 13.1. The van der Waals surface area contributed by atoms with Gasteiger partial charge in [-0.15, -0.1) is 0 Å². The summed E-state index contributed by atoms with van der Waals surface area (Å²) in [6.07, 6.45) is 1.75. The van der Waals surface area contributed by atoms with Crippen molar-refractivity contribution in [3.63, 3.8) is 0 Å². The molecule has 1 aromatic rings. The van der Waals surface area contributed by atoms with Gasteiger partial charge in [-0.05, 0) is 25.0 Å². The van der Waals surface area contributed by atoms with Gasteiger partial charge in [0.15, 0.2) is 0 Å². The van der Waals surface area contributed by atoms with Gasteiger partial charge in [-0.25, -0.2) is 20.4 Å². The van der Waals surface area contributed by atoms with Crippen molar-refractivity contribution >= 4 is 17.6 Å². The largest absolute Gasteiger partial charge is 0.368 e. The van der Waals surface area contributed by atoms with E-state index < -0.39 is 0 Å². The zero-order valence-electron chi connectivity index (χ0n) is 16.1. The van der Waals surface area contributed by atoms with Crippen LogP contribution in [0.15, 0.2) is 27.8 Å². The molecule has 0 aliphatic carbocycles. The highest BCUT2D eigenvalue weighted by atomic mass is 16.5. The molecule has 4 heterocycles. The third kappa shape index (κ3) is 3.28. The van der Waals surface area contributed by atoms with Crippen LogP contribution in [0.5, 0.6) is 0 Å². The Bertz CT molecular complexity index is 852. The summed E-state index contributed by atoms with van der Waals surface area (Å²) in [5, 5.41) is 6.32. The molecule has 1 unspecified atom stereocenters. The Balaban J connectivity index is 1.54. The summed E-state index contributed by atoms with van der Waals surface area (Å²) in [6, 6.07) is 1.89. The zero-order valence-corrected chi connectivity index (χ0v) is 16.1. The van der Waals surface area contributed by atoms with Crippen LogP contribution in [0.25, 0.3) is 0 Å². The Morgan fingerprint density at radius 1 is 1.41 bits per heavy atom. The number of morpholine rings is 1. The first-order valence-electron chi connectivity index (χ1n) is 9.24. The predicted molar refractivity (Wildman–Crippen MR) is 101 cm³/mol. The number of nitrogens with zero attached hydrogens (tertiary/aromatic N) is 6. The molecule has 9 nitrogen and oxygen atoms in total. The maximum atomic E-state index is 13.1. The van der Waals surface area contributed by atoms with Crippen LogP contribution < -0.4 is 5.43 Å². The van der Waals surface area contributed by atoms with Gasteiger partial charge in [-0.3, -0.25) is 9.48 Å². The number of fused-ring (bicyclic) bond motifs is 1. The third-order valence-electron chi connectivity index (χ3n) is 4.93. The van der Waals surface area contributed by atoms with E-state index in [1.54, 1.807) is 4.68 Å². The standard InChI is InChI=1S/C18H25N7O2/c1-11(2)13-8-15(23(4)22-13)17(26)24-5-6-27-16(9-24)14-7-12(3)21-18-19-10-20-25(14)18/h7-8,11,16,20H,5-6,9-10H2,1-4H3. The maximum Gasteiger partial charge on any atom is 0.272 e. The van der Waals surface area contributed by atoms with E-state index in [1.807, 2.05) is 36.0 Å². The third-order valence-corrected chi connectivity index (χ3v) is 4.93. The summed E-state index contributed by atoms with van der Waals surface area (Å²) in [5.74, 6) is 0.907. The molecule has 1 aromatic heterocycles. The van der Waals surface area contributed by atoms with Crippen molar-refractivity contribution in [2.24, 2.45) is 17.0 Å². The van der Waals surface area contributed by atoms with Gasteiger partial charge in [0.05, 0.1) is 24.5 Å². The first-order chi connectivity index (χ1) is 12.9. The van der Waals surface area contributed by atoms with Gasteiger partial charge in [0.2, 0.25) is 5.96 Å². The number of hydrogen-bond acceptors (Lipinski definition) is 7. The van der Waals surface area contributed by atoms with Crippen molar-refractivity contribution < 1.29 is 9.53 Å². The first kappa shape index (κ1) is 17.9. The van der Waals surface area contributed by atoms with Crippen LogP contribution in [0.4, 0.5) is 0 Å². The number of carbonyl (C=O) groups excluding carboxylic acids is 1. The first-order valence-corrected chi connectivity index (χ1v) is 9.24. The van der Waals surface area contributed by atoms with Crippen LogP contribution in [0.2, 0.25) is 0 Å². The van der Waals surface area contributed by atoms with E-state index >= 15 is 0 Å². The minimum Gasteiger partial charge on any atom is -0.368 e. The number of allylic oxidation sites excluding steroid dienone is 1. The number of ether oxygens (including phenoxy) is 1. The second-order valence-electron chi connectivity index (χ2n) is 7.28. The fourth-order valence-electron chi connectivity index (χ4n) is 3.46. The van der Waals surface area contributed by atoms with Crippen molar-refractivity contribution in [1.82, 2.24) is 25.1 Å². The molecular formula is C18H25N7O2. The van der Waals surface area contributed by atoms with E-state index in [2.05, 4.69) is 34.4 Å². The number of carbonyl (C=O) groups is 1. The molecule has 0 bridgehead atoms. The van der Waals surface area contributed by atoms with E-state index in [1.165, 1.54) is 0 Å². The van der Waals surface area contributed by atoms with Crippen molar-refractivity contribution in [2.45, 2.75) is 32.8 Å². The SMILES string of the molecule is CC1=NC2=NCNN2C(C2CN(C(=O)c3cc(C(C)C)nn3C)CCO2)=C1. The molecule has 9 heteroatoms. The average Bonchev–Trinajstić information content (AvgIpc) is 3.27. The summed E-state index contributed by atoms with van der Waals surface area (Å²) in [5.41, 5.74) is 6.53. The smallest absolute Gasteiger partial charge is 0.272 e. The average molecular weight is 371 g/mol. The van der Waals surface area contributed by atoms with Crippen LogP contribution in [0.1, 0.15) is 42.9 Å². The van der Waals surface area contributed by atoms with Crippen molar-refractivity contribution in [3.05, 3.63) is 29.2 Å². The molecule has 0 saturated carbocycles. The van der Waals surface area contributed by atoms with Gasteiger partial charge in [-0.1, -0.05) is 13.8 Å². The lowest BCUT2D eigenvalue weighted by molar-refractivity contribution is -0.0141. The highest BCUT2D eigenvalue weighted by Gasteiger charge is 2.35. The highest BCUT2D eigenvalue weighted by molar-refractivity contribution is 6.05. The molecule has 4 rings (SSSR count). The Kier molecular flexibility index (Phi) is 4.56. The second-order valence-corrected chi connectivity index (χ2v) is 7.28. The Labute approximate surface area is 158 Å². The number of hydrazine groups is 1. The van der Waals surface area contributed by atoms with E-state index in [9.17, 15) is 4.79 Å². The summed E-state index contributed by atoms with van der Waals surface area (Å²) < 4.78 is 7.66. The van der Waals surface area contributed by atoms with Crippen LogP contribution in [0.3, 0.4) is 0 Å². The van der Waals surface area contributed by atoms with Crippen molar-refractivity contribution in [1.29, 1.82) is 0 Å². The number of aliphatic imine (C=N–C) groups is 2. The molecule has 1 fully saturated rings. The normalized spacial score (nSPS) is 22.6. The quantitative estimate of drug-likeness (QED) is 0.852. The lowest BCUT2D eigenvalue weighted by atomic mass is 10.1. The number of guanidine groups is 1. The van der Waals surface area contributed by atoms with Crippen molar-refractivity contribution in [3.8, 4) is 0 Å². The lowest BCUT2D eigenvalue weighted by Gasteiger charge is -2.37. The number of hydrogen-bond donors (Lipinski definition) is 1. The predicted octanol–water partition coefficient (Wildman–Crippen LogP) is 0.877. The van der Waals surface area contributed by atoms with Crippen molar-refractivity contribution in [2.75, 3.05) is 26.4 Å². The number of nitrogens with one attached hydrogen (secondary N) is 1. The minimum absolute atomic E-state index is 0.0183. The topological polar surface area (TPSA) is 87.4 Å². The van der Waals surface area contributed by atoms with Crippen LogP contribution in [0, 0.1) is 0 Å². The minimum atomic E-state index is -0.234. The monoisotopic (exact) mass is 371 g/mol. The number of aryl methyl sites for hydroxylation is 1. The number of amides is 1. The Morgan fingerprint density at radius 3 is 2.96 bits per heavy atom. The molecule has 1 atom stereocenters. The molecule has 1 saturated heterocycles. The molecule has 0 aromatic carbocycles. The summed E-state index contributed by atoms with van der Waals surface area (Å²) in [4.78, 5) is 23.7. The number of aromatic nitrogens is 2. The molecule has 1 amide bonds. The molecule has 144 valence electrons. The van der Waals surface area contributed by atoms with Gasteiger partial charge in [-0.2, -0.15) is 5.10 Å². The molecule has 3 aliphatic heterocycles. The Morgan fingerprint density at radius 2 is 2.22 bits per heavy atom. The van der Waals surface area contributed by atoms with E-state index in [4.69, 9.17) is 4.74 Å². The molecule has 0 spiro atoms. The lowest BCUT2D eigenvalue weighted by Crippen LogP contribution is -2.51. The second kappa shape index (κ2) is 6.90. The summed E-state index contributed by atoms with van der Waals surface area (Å²) >= 11 is 0. The Hall–Kier alpha value is -2.52. The molecule has 27 heavy (non-hydrogen) atoms. The molecule has 1 N–H and O–H groups in total. The van der Waals surface area contributed by atoms with Gasteiger partial charge in [0.1, 0.15) is 18.5 Å². The fraction of sp³-hybridized carbons (Fsp3) is 0.556. The van der Waals surface area contributed by atoms with E-state index in [0.29, 0.717) is 38.0 Å². The molecule has 3 aliphatic rings. The van der Waals surface area contributed by atoms with Gasteiger partial charge in [0, 0.05) is 19.3 Å². The van der Waals surface area contributed by atoms with Gasteiger partial charge < -0.3 is 9.64 Å². The van der Waals surface area contributed by atoms with E-state index in [-0.39, 0.29) is 17.9 Å². The summed E-state index contributed by atoms with van der Waals surface area (Å²) in [7, 11) is 1.82. The van der Waals surface area contributed by atoms with Crippen LogP contribution >= 0.6 is 0 Å². The number of rotatable bonds is 3. The fourth-order valence-corrected chi connectivity index (χ4v) is 3.46.